The van der Waals surface area contributed by atoms with Crippen molar-refractivity contribution in [1.82, 2.24) is 5.32 Å². The number of rotatable bonds is 3. The molecule has 0 saturated carbocycles. The molecule has 5 rings (SSSR count). The van der Waals surface area contributed by atoms with Crippen molar-refractivity contribution in [3.63, 3.8) is 0 Å². The van der Waals surface area contributed by atoms with Gasteiger partial charge in [0.05, 0.1) is 11.1 Å². The summed E-state index contributed by atoms with van der Waals surface area (Å²) in [5.74, 6) is -1.19. The highest BCUT2D eigenvalue weighted by atomic mass is 16.2. The van der Waals surface area contributed by atoms with Crippen molar-refractivity contribution < 1.29 is 14.4 Å². The Kier molecular flexibility index (Phi) is 3.43. The lowest BCUT2D eigenvalue weighted by Crippen LogP contribution is -2.20. The van der Waals surface area contributed by atoms with Crippen LogP contribution in [0.15, 0.2) is 67.3 Å². The van der Waals surface area contributed by atoms with Crippen LogP contribution in [-0.4, -0.2) is 17.6 Å². The Balaban J connectivity index is 1.85. The third-order valence-electron chi connectivity index (χ3n) is 5.48. The summed E-state index contributed by atoms with van der Waals surface area (Å²) in [5.41, 5.74) is 6.77. The number of nitrogens with one attached hydrogen (secondary N) is 1. The number of imide groups is 1. The van der Waals surface area contributed by atoms with Crippen LogP contribution >= 0.6 is 0 Å². The van der Waals surface area contributed by atoms with Gasteiger partial charge in [-0.3, -0.25) is 19.7 Å². The molecule has 1 N–H and O–H groups in total. The molecular weight excluding hydrogens is 350 g/mol. The first-order chi connectivity index (χ1) is 13.6. The maximum Gasteiger partial charge on any atom is 0.259 e. The quantitative estimate of drug-likeness (QED) is 0.337. The summed E-state index contributed by atoms with van der Waals surface area (Å²) < 4.78 is 0. The van der Waals surface area contributed by atoms with E-state index in [1.807, 2.05) is 30.3 Å². The average Bonchev–Trinajstić information content (AvgIpc) is 3.24. The van der Waals surface area contributed by atoms with E-state index in [4.69, 9.17) is 0 Å². The molecule has 0 saturated heterocycles. The minimum atomic E-state index is -0.471. The highest BCUT2D eigenvalue weighted by Crippen LogP contribution is 2.44. The zero-order valence-electron chi connectivity index (χ0n) is 14.9. The predicted octanol–water partition coefficient (Wildman–Crippen LogP) is 4.18. The molecule has 134 valence electrons. The molecule has 2 amide bonds. The van der Waals surface area contributed by atoms with Crippen molar-refractivity contribution in [2.45, 2.75) is 6.42 Å². The van der Waals surface area contributed by atoms with Gasteiger partial charge in [0, 0.05) is 11.1 Å². The number of hydrogen-bond acceptors (Lipinski definition) is 3. The van der Waals surface area contributed by atoms with Gasteiger partial charge in [-0.25, -0.2) is 0 Å². The summed E-state index contributed by atoms with van der Waals surface area (Å²) >= 11 is 0. The standard InChI is InChI=1S/C24H15NO3/c1-2-20(26)17-10-11-18-22(24(28)25-23(18)27)21(17)16-9-5-8-15-14-7-4-3-6-13(14)12-19(15)16/h2-11H,1,12H2,(H,25,27,28). The average molecular weight is 365 g/mol. The summed E-state index contributed by atoms with van der Waals surface area (Å²) in [5, 5.41) is 2.35. The summed E-state index contributed by atoms with van der Waals surface area (Å²) in [4.78, 5) is 37.3. The van der Waals surface area contributed by atoms with Crippen LogP contribution in [0.2, 0.25) is 0 Å². The van der Waals surface area contributed by atoms with Gasteiger partial charge >= 0.3 is 0 Å². The normalized spacial score (nSPS) is 13.6. The number of carbonyl (C=O) groups excluding carboxylic acids is 3. The molecule has 4 heteroatoms. The van der Waals surface area contributed by atoms with Crippen molar-refractivity contribution in [2.24, 2.45) is 0 Å². The summed E-state index contributed by atoms with van der Waals surface area (Å²) in [6.07, 6.45) is 1.94. The second-order valence-electron chi connectivity index (χ2n) is 6.93. The number of fused-ring (bicyclic) bond motifs is 4. The summed E-state index contributed by atoms with van der Waals surface area (Å²) in [6.45, 7) is 3.59. The number of allylic oxidation sites excluding steroid dienone is 1. The molecule has 0 fully saturated rings. The summed E-state index contributed by atoms with van der Waals surface area (Å²) in [6, 6.07) is 17.2. The zero-order valence-corrected chi connectivity index (χ0v) is 14.9. The lowest BCUT2D eigenvalue weighted by atomic mass is 9.86. The van der Waals surface area contributed by atoms with Crippen LogP contribution < -0.4 is 5.32 Å². The first-order valence-electron chi connectivity index (χ1n) is 9.00. The highest BCUT2D eigenvalue weighted by molar-refractivity contribution is 6.26. The molecule has 28 heavy (non-hydrogen) atoms. The topological polar surface area (TPSA) is 63.2 Å². The Hall–Kier alpha value is -3.79. The van der Waals surface area contributed by atoms with Gasteiger partial charge in [0.2, 0.25) is 0 Å². The predicted molar refractivity (Wildman–Crippen MR) is 106 cm³/mol. The Morgan fingerprint density at radius 1 is 0.821 bits per heavy atom. The highest BCUT2D eigenvalue weighted by Gasteiger charge is 2.34. The van der Waals surface area contributed by atoms with Crippen molar-refractivity contribution >= 4 is 17.6 Å². The molecule has 0 radical (unpaired) electrons. The number of carbonyl (C=O) groups is 3. The van der Waals surface area contributed by atoms with Gasteiger partial charge in [-0.15, -0.1) is 0 Å². The first kappa shape index (κ1) is 16.4. The third kappa shape index (κ3) is 2.15. The van der Waals surface area contributed by atoms with E-state index in [1.54, 1.807) is 6.07 Å². The maximum atomic E-state index is 12.6. The second-order valence-corrected chi connectivity index (χ2v) is 6.93. The fourth-order valence-corrected chi connectivity index (χ4v) is 4.25. The number of hydrogen-bond donors (Lipinski definition) is 1. The Labute approximate surface area is 161 Å². The molecule has 0 unspecified atom stereocenters. The van der Waals surface area contributed by atoms with Crippen LogP contribution in [0, 0.1) is 0 Å². The molecule has 2 aliphatic rings. The van der Waals surface area contributed by atoms with Gasteiger partial charge in [-0.05, 0) is 52.4 Å². The van der Waals surface area contributed by atoms with Crippen molar-refractivity contribution in [3.8, 4) is 22.3 Å². The van der Waals surface area contributed by atoms with Crippen molar-refractivity contribution in [1.29, 1.82) is 0 Å². The lowest BCUT2D eigenvalue weighted by Gasteiger charge is -2.15. The van der Waals surface area contributed by atoms with Crippen LogP contribution in [0.4, 0.5) is 0 Å². The van der Waals surface area contributed by atoms with Crippen molar-refractivity contribution in [3.05, 3.63) is 95.1 Å². The molecule has 1 aliphatic heterocycles. The van der Waals surface area contributed by atoms with E-state index in [-0.39, 0.29) is 11.3 Å². The van der Waals surface area contributed by atoms with Crippen LogP contribution in [-0.2, 0) is 6.42 Å². The van der Waals surface area contributed by atoms with E-state index in [9.17, 15) is 14.4 Å². The van der Waals surface area contributed by atoms with Crippen LogP contribution in [0.3, 0.4) is 0 Å². The number of benzene rings is 3. The largest absolute Gasteiger partial charge is 0.289 e. The molecule has 4 nitrogen and oxygen atoms in total. The molecule has 0 bridgehead atoms. The van der Waals surface area contributed by atoms with E-state index in [0.717, 1.165) is 22.3 Å². The number of ketones is 1. The Morgan fingerprint density at radius 3 is 2.39 bits per heavy atom. The SMILES string of the molecule is C=CC(=O)c1ccc2c(c1-c1cccc3c1Cc1ccccc1-3)C(=O)NC2=O. The molecule has 3 aromatic rings. The van der Waals surface area contributed by atoms with E-state index >= 15 is 0 Å². The van der Waals surface area contributed by atoms with Crippen LogP contribution in [0.1, 0.15) is 42.2 Å². The zero-order chi connectivity index (χ0) is 19.4. The molecule has 3 aromatic carbocycles. The first-order valence-corrected chi connectivity index (χ1v) is 9.00. The van der Waals surface area contributed by atoms with Gasteiger partial charge in [-0.1, -0.05) is 49.0 Å². The van der Waals surface area contributed by atoms with E-state index in [0.29, 0.717) is 23.1 Å². The van der Waals surface area contributed by atoms with Crippen LogP contribution in [0.25, 0.3) is 22.3 Å². The van der Waals surface area contributed by atoms with Gasteiger partial charge in [0.15, 0.2) is 5.78 Å². The second kappa shape index (κ2) is 5.86. The molecule has 0 atom stereocenters. The van der Waals surface area contributed by atoms with Gasteiger partial charge in [0.25, 0.3) is 11.8 Å². The maximum absolute atomic E-state index is 12.6. The molecule has 0 aromatic heterocycles. The smallest absolute Gasteiger partial charge is 0.259 e. The monoisotopic (exact) mass is 365 g/mol. The Bertz CT molecular complexity index is 1240. The van der Waals surface area contributed by atoms with Gasteiger partial charge in [-0.2, -0.15) is 0 Å². The fourth-order valence-electron chi connectivity index (χ4n) is 4.25. The lowest BCUT2D eigenvalue weighted by molar-refractivity contribution is 0.0879. The van der Waals surface area contributed by atoms with Crippen molar-refractivity contribution in [2.75, 3.05) is 0 Å². The minimum absolute atomic E-state index is 0.266. The molecule has 1 heterocycles. The van der Waals surface area contributed by atoms with Gasteiger partial charge < -0.3 is 0 Å². The molecular formula is C24H15NO3. The Morgan fingerprint density at radius 2 is 1.57 bits per heavy atom. The molecule has 0 spiro atoms. The minimum Gasteiger partial charge on any atom is -0.289 e. The van der Waals surface area contributed by atoms with Gasteiger partial charge in [0.1, 0.15) is 0 Å². The van der Waals surface area contributed by atoms with Crippen LogP contribution in [0.5, 0.6) is 0 Å². The van der Waals surface area contributed by atoms with E-state index in [1.165, 1.54) is 17.7 Å². The molecule has 1 aliphatic carbocycles. The number of amides is 2. The van der Waals surface area contributed by atoms with E-state index < -0.39 is 11.8 Å². The summed E-state index contributed by atoms with van der Waals surface area (Å²) in [7, 11) is 0. The van der Waals surface area contributed by atoms with E-state index in [2.05, 4.69) is 24.0 Å². The third-order valence-corrected chi connectivity index (χ3v) is 5.48. The fraction of sp³-hybridized carbons (Fsp3) is 0.0417.